The maximum atomic E-state index is 11.7. The van der Waals surface area contributed by atoms with Gasteiger partial charge in [-0.15, -0.1) is 0 Å². The van der Waals surface area contributed by atoms with E-state index < -0.39 is 11.9 Å². The van der Waals surface area contributed by atoms with Crippen molar-refractivity contribution in [3.05, 3.63) is 35.4 Å². The minimum absolute atomic E-state index is 0.00994. The zero-order valence-corrected chi connectivity index (χ0v) is 12.5. The third-order valence-electron chi connectivity index (χ3n) is 3.67. The molecular weight excluding hydrogens is 268 g/mol. The lowest BCUT2D eigenvalue weighted by atomic mass is 9.90. The van der Waals surface area contributed by atoms with Gasteiger partial charge in [-0.3, -0.25) is 14.5 Å². The van der Waals surface area contributed by atoms with Crippen LogP contribution in [0, 0.1) is 0 Å². The maximum Gasteiger partial charge on any atom is 0.312 e. The van der Waals surface area contributed by atoms with Crippen LogP contribution in [0.4, 0.5) is 0 Å². The Labute approximate surface area is 125 Å². The summed E-state index contributed by atoms with van der Waals surface area (Å²) in [6.07, 6.45) is 0.396. The van der Waals surface area contributed by atoms with Crippen LogP contribution in [-0.2, 0) is 16.1 Å². The SMILES string of the molecule is CC(C)NC(=O)CCN1Cc2ccccc2C(C(=O)O)C1. The summed E-state index contributed by atoms with van der Waals surface area (Å²) >= 11 is 0. The van der Waals surface area contributed by atoms with Gasteiger partial charge in [-0.05, 0) is 25.0 Å². The molecule has 0 bridgehead atoms. The van der Waals surface area contributed by atoms with Gasteiger partial charge in [0.25, 0.3) is 0 Å². The number of amides is 1. The molecule has 2 rings (SSSR count). The van der Waals surface area contributed by atoms with Crippen molar-refractivity contribution in [2.45, 2.75) is 38.8 Å². The third kappa shape index (κ3) is 4.04. The molecule has 1 unspecified atom stereocenters. The monoisotopic (exact) mass is 290 g/mol. The number of fused-ring (bicyclic) bond motifs is 1. The molecular formula is C16H22N2O3. The molecule has 0 aromatic heterocycles. The van der Waals surface area contributed by atoms with Crippen LogP contribution in [0.3, 0.4) is 0 Å². The first kappa shape index (κ1) is 15.5. The molecule has 1 aromatic carbocycles. The van der Waals surface area contributed by atoms with E-state index in [9.17, 15) is 14.7 Å². The highest BCUT2D eigenvalue weighted by atomic mass is 16.4. The van der Waals surface area contributed by atoms with Crippen molar-refractivity contribution in [2.75, 3.05) is 13.1 Å². The van der Waals surface area contributed by atoms with Crippen molar-refractivity contribution in [2.24, 2.45) is 0 Å². The highest BCUT2D eigenvalue weighted by Crippen LogP contribution is 2.28. The summed E-state index contributed by atoms with van der Waals surface area (Å²) in [7, 11) is 0. The number of hydrogen-bond acceptors (Lipinski definition) is 3. The molecule has 2 N–H and O–H groups in total. The van der Waals surface area contributed by atoms with E-state index in [2.05, 4.69) is 5.32 Å². The summed E-state index contributed by atoms with van der Waals surface area (Å²) in [6, 6.07) is 7.78. The molecule has 0 saturated carbocycles. The topological polar surface area (TPSA) is 69.6 Å². The Morgan fingerprint density at radius 1 is 1.38 bits per heavy atom. The molecule has 0 saturated heterocycles. The lowest BCUT2D eigenvalue weighted by molar-refractivity contribution is -0.139. The molecule has 1 amide bonds. The third-order valence-corrected chi connectivity index (χ3v) is 3.67. The Morgan fingerprint density at radius 2 is 2.10 bits per heavy atom. The first-order valence-corrected chi connectivity index (χ1v) is 7.29. The van der Waals surface area contributed by atoms with Crippen molar-refractivity contribution >= 4 is 11.9 Å². The standard InChI is InChI=1S/C16H22N2O3/c1-11(2)17-15(19)7-8-18-9-12-5-3-4-6-13(12)14(10-18)16(20)21/h3-6,11,14H,7-10H2,1-2H3,(H,17,19)(H,20,21). The lowest BCUT2D eigenvalue weighted by Gasteiger charge is -2.32. The van der Waals surface area contributed by atoms with Crippen LogP contribution in [0.1, 0.15) is 37.3 Å². The van der Waals surface area contributed by atoms with Crippen LogP contribution < -0.4 is 5.32 Å². The normalized spacial score (nSPS) is 18.3. The van der Waals surface area contributed by atoms with Gasteiger partial charge in [0.05, 0.1) is 5.92 Å². The van der Waals surface area contributed by atoms with E-state index in [1.165, 1.54) is 0 Å². The highest BCUT2D eigenvalue weighted by Gasteiger charge is 2.30. The van der Waals surface area contributed by atoms with Crippen molar-refractivity contribution in [3.8, 4) is 0 Å². The van der Waals surface area contributed by atoms with Crippen molar-refractivity contribution < 1.29 is 14.7 Å². The summed E-state index contributed by atoms with van der Waals surface area (Å²) in [6.45, 7) is 5.60. The Balaban J connectivity index is 2.01. The van der Waals surface area contributed by atoms with Crippen LogP contribution in [0.2, 0.25) is 0 Å². The fourth-order valence-electron chi connectivity index (χ4n) is 2.72. The largest absolute Gasteiger partial charge is 0.481 e. The van der Waals surface area contributed by atoms with E-state index >= 15 is 0 Å². The van der Waals surface area contributed by atoms with Gasteiger partial charge in [-0.25, -0.2) is 0 Å². The van der Waals surface area contributed by atoms with Crippen molar-refractivity contribution in [1.82, 2.24) is 10.2 Å². The Kier molecular flexibility index (Phi) is 4.96. The minimum atomic E-state index is -0.807. The van der Waals surface area contributed by atoms with E-state index in [0.29, 0.717) is 26.1 Å². The molecule has 1 aliphatic heterocycles. The van der Waals surface area contributed by atoms with Gasteiger partial charge in [0.15, 0.2) is 0 Å². The van der Waals surface area contributed by atoms with E-state index in [0.717, 1.165) is 11.1 Å². The van der Waals surface area contributed by atoms with Crippen LogP contribution in [0.25, 0.3) is 0 Å². The molecule has 5 nitrogen and oxygen atoms in total. The number of aliphatic carboxylic acids is 1. The lowest BCUT2D eigenvalue weighted by Crippen LogP contribution is -2.39. The zero-order valence-electron chi connectivity index (χ0n) is 12.5. The average Bonchev–Trinajstić information content (AvgIpc) is 2.43. The maximum absolute atomic E-state index is 11.7. The number of carbonyl (C=O) groups excluding carboxylic acids is 1. The molecule has 0 aliphatic carbocycles. The predicted octanol–water partition coefficient (Wildman–Crippen LogP) is 1.59. The molecule has 21 heavy (non-hydrogen) atoms. The second-order valence-corrected chi connectivity index (χ2v) is 5.80. The fraction of sp³-hybridized carbons (Fsp3) is 0.500. The number of nitrogens with zero attached hydrogens (tertiary/aromatic N) is 1. The summed E-state index contributed by atoms with van der Waals surface area (Å²) in [5.74, 6) is -1.31. The molecule has 1 atom stereocenters. The molecule has 0 spiro atoms. The minimum Gasteiger partial charge on any atom is -0.481 e. The van der Waals surface area contributed by atoms with Gasteiger partial charge in [0.1, 0.15) is 0 Å². The second-order valence-electron chi connectivity index (χ2n) is 5.80. The number of carboxylic acids is 1. The van der Waals surface area contributed by atoms with E-state index in [-0.39, 0.29) is 11.9 Å². The van der Waals surface area contributed by atoms with Gasteiger partial charge in [0, 0.05) is 32.1 Å². The van der Waals surface area contributed by atoms with Gasteiger partial charge < -0.3 is 10.4 Å². The van der Waals surface area contributed by atoms with Gasteiger partial charge in [-0.2, -0.15) is 0 Å². The zero-order chi connectivity index (χ0) is 15.4. The summed E-state index contributed by atoms with van der Waals surface area (Å²) in [5.41, 5.74) is 1.94. The molecule has 1 aromatic rings. The molecule has 114 valence electrons. The Bertz CT molecular complexity index is 528. The molecule has 1 heterocycles. The van der Waals surface area contributed by atoms with Gasteiger partial charge >= 0.3 is 5.97 Å². The highest BCUT2D eigenvalue weighted by molar-refractivity contribution is 5.78. The number of nitrogens with one attached hydrogen (secondary N) is 1. The van der Waals surface area contributed by atoms with Gasteiger partial charge in [-0.1, -0.05) is 24.3 Å². The number of carbonyl (C=O) groups is 2. The van der Waals surface area contributed by atoms with E-state index in [4.69, 9.17) is 0 Å². The molecule has 1 aliphatic rings. The Hall–Kier alpha value is -1.88. The van der Waals surface area contributed by atoms with Crippen LogP contribution in [0.5, 0.6) is 0 Å². The summed E-state index contributed by atoms with van der Waals surface area (Å²) in [4.78, 5) is 25.2. The van der Waals surface area contributed by atoms with Crippen molar-refractivity contribution in [1.29, 1.82) is 0 Å². The van der Waals surface area contributed by atoms with E-state index in [1.807, 2.05) is 43.0 Å². The Morgan fingerprint density at radius 3 is 2.76 bits per heavy atom. The molecule has 0 radical (unpaired) electrons. The average molecular weight is 290 g/mol. The van der Waals surface area contributed by atoms with Gasteiger partial charge in [0.2, 0.25) is 5.91 Å². The second kappa shape index (κ2) is 6.72. The predicted molar refractivity (Wildman–Crippen MR) is 80.0 cm³/mol. The first-order chi connectivity index (χ1) is 9.97. The van der Waals surface area contributed by atoms with Crippen molar-refractivity contribution in [3.63, 3.8) is 0 Å². The first-order valence-electron chi connectivity index (χ1n) is 7.29. The van der Waals surface area contributed by atoms with Crippen LogP contribution in [0.15, 0.2) is 24.3 Å². The summed E-state index contributed by atoms with van der Waals surface area (Å²) in [5, 5.41) is 12.2. The number of hydrogen-bond donors (Lipinski definition) is 2. The van der Waals surface area contributed by atoms with Crippen LogP contribution >= 0.6 is 0 Å². The number of rotatable bonds is 5. The fourth-order valence-corrected chi connectivity index (χ4v) is 2.72. The summed E-state index contributed by atoms with van der Waals surface area (Å²) < 4.78 is 0. The van der Waals surface area contributed by atoms with E-state index in [1.54, 1.807) is 0 Å². The molecule has 5 heteroatoms. The molecule has 0 fully saturated rings. The quantitative estimate of drug-likeness (QED) is 0.864. The van der Waals surface area contributed by atoms with Crippen LogP contribution in [-0.4, -0.2) is 41.0 Å². The smallest absolute Gasteiger partial charge is 0.312 e. The number of benzene rings is 1. The number of carboxylic acid groups (broad SMARTS) is 1.